The van der Waals surface area contributed by atoms with Crippen molar-refractivity contribution >= 4 is 34.7 Å². The lowest BCUT2D eigenvalue weighted by Gasteiger charge is -2.04. The first-order valence-corrected chi connectivity index (χ1v) is 7.33. The molecule has 0 aliphatic heterocycles. The Hall–Kier alpha value is -1.26. The second-order valence-corrected chi connectivity index (χ2v) is 5.50. The molecule has 88 valence electrons. The van der Waals surface area contributed by atoms with Gasteiger partial charge in [-0.2, -0.15) is 0 Å². The van der Waals surface area contributed by atoms with Crippen molar-refractivity contribution < 1.29 is 4.79 Å². The minimum Gasteiger partial charge on any atom is -0.325 e. The summed E-state index contributed by atoms with van der Waals surface area (Å²) in [5, 5.41) is 4.92. The predicted molar refractivity (Wildman–Crippen MR) is 75.6 cm³/mol. The van der Waals surface area contributed by atoms with Gasteiger partial charge in [0.05, 0.1) is 5.75 Å². The van der Waals surface area contributed by atoms with Crippen LogP contribution in [0.1, 0.15) is 4.88 Å². The van der Waals surface area contributed by atoms with E-state index in [-0.39, 0.29) is 5.91 Å². The molecule has 0 saturated carbocycles. The van der Waals surface area contributed by atoms with Gasteiger partial charge in [0.2, 0.25) is 5.91 Å². The van der Waals surface area contributed by atoms with Crippen molar-refractivity contribution in [2.45, 2.75) is 5.75 Å². The van der Waals surface area contributed by atoms with Gasteiger partial charge in [-0.15, -0.1) is 23.1 Å². The van der Waals surface area contributed by atoms with Gasteiger partial charge in [0.1, 0.15) is 0 Å². The monoisotopic (exact) mass is 263 g/mol. The Morgan fingerprint density at radius 3 is 2.71 bits per heavy atom. The van der Waals surface area contributed by atoms with E-state index in [0.29, 0.717) is 5.75 Å². The van der Waals surface area contributed by atoms with Crippen LogP contribution in [0.4, 0.5) is 5.69 Å². The number of thioether (sulfide) groups is 1. The molecule has 4 heteroatoms. The maximum absolute atomic E-state index is 11.6. The van der Waals surface area contributed by atoms with Crippen LogP contribution >= 0.6 is 23.1 Å². The molecule has 2 aromatic rings. The van der Waals surface area contributed by atoms with Crippen LogP contribution in [0.5, 0.6) is 0 Å². The molecular formula is C13H13NOS2. The molecule has 0 atom stereocenters. The van der Waals surface area contributed by atoms with Gasteiger partial charge in [0.15, 0.2) is 0 Å². The van der Waals surface area contributed by atoms with Crippen LogP contribution in [0.3, 0.4) is 0 Å². The van der Waals surface area contributed by atoms with Gasteiger partial charge in [-0.3, -0.25) is 4.79 Å². The SMILES string of the molecule is O=C(CSCc1cccs1)Nc1ccccc1. The smallest absolute Gasteiger partial charge is 0.234 e. The number of nitrogens with one attached hydrogen (secondary N) is 1. The van der Waals surface area contributed by atoms with Crippen LogP contribution in [0.25, 0.3) is 0 Å². The standard InChI is InChI=1S/C13H13NOS2/c15-13(14-11-5-2-1-3-6-11)10-16-9-12-7-4-8-17-12/h1-8H,9-10H2,(H,14,15). The summed E-state index contributed by atoms with van der Waals surface area (Å²) in [5.74, 6) is 1.45. The Bertz CT molecular complexity index is 454. The van der Waals surface area contributed by atoms with Gasteiger partial charge in [-0.05, 0) is 23.6 Å². The second kappa shape index (κ2) is 6.47. The van der Waals surface area contributed by atoms with Gasteiger partial charge in [-0.1, -0.05) is 24.3 Å². The molecule has 1 aromatic heterocycles. The average Bonchev–Trinajstić information content (AvgIpc) is 2.83. The molecule has 2 nitrogen and oxygen atoms in total. The van der Waals surface area contributed by atoms with Gasteiger partial charge < -0.3 is 5.32 Å². The zero-order valence-electron chi connectivity index (χ0n) is 9.26. The number of hydrogen-bond acceptors (Lipinski definition) is 3. The molecule has 1 heterocycles. The molecule has 0 radical (unpaired) electrons. The van der Waals surface area contributed by atoms with Gasteiger partial charge in [0.25, 0.3) is 0 Å². The van der Waals surface area contributed by atoms with E-state index in [2.05, 4.69) is 16.8 Å². The Balaban J connectivity index is 1.71. The lowest BCUT2D eigenvalue weighted by atomic mass is 10.3. The average molecular weight is 263 g/mol. The van der Waals surface area contributed by atoms with E-state index in [1.807, 2.05) is 36.4 Å². The largest absolute Gasteiger partial charge is 0.325 e. The minimum absolute atomic E-state index is 0.0535. The van der Waals surface area contributed by atoms with Crippen LogP contribution in [-0.4, -0.2) is 11.7 Å². The lowest BCUT2D eigenvalue weighted by molar-refractivity contribution is -0.113. The molecule has 0 spiro atoms. The van der Waals surface area contributed by atoms with Crippen LogP contribution in [0.15, 0.2) is 47.8 Å². The number of para-hydroxylation sites is 1. The molecule has 2 rings (SSSR count). The van der Waals surface area contributed by atoms with Crippen LogP contribution in [0, 0.1) is 0 Å². The summed E-state index contributed by atoms with van der Waals surface area (Å²) in [7, 11) is 0. The summed E-state index contributed by atoms with van der Waals surface area (Å²) >= 11 is 3.36. The van der Waals surface area contributed by atoms with E-state index in [1.54, 1.807) is 23.1 Å². The predicted octanol–water partition coefficient (Wildman–Crippen LogP) is 3.62. The lowest BCUT2D eigenvalue weighted by Crippen LogP contribution is -2.13. The fraction of sp³-hybridized carbons (Fsp3) is 0.154. The summed E-state index contributed by atoms with van der Waals surface area (Å²) in [6.07, 6.45) is 0. The topological polar surface area (TPSA) is 29.1 Å². The van der Waals surface area contributed by atoms with E-state index in [1.165, 1.54) is 4.88 Å². The molecule has 0 bridgehead atoms. The van der Waals surface area contributed by atoms with Crippen molar-refractivity contribution in [2.75, 3.05) is 11.1 Å². The van der Waals surface area contributed by atoms with E-state index < -0.39 is 0 Å². The molecule has 1 aromatic carbocycles. The molecule has 17 heavy (non-hydrogen) atoms. The third-order valence-electron chi connectivity index (χ3n) is 2.12. The van der Waals surface area contributed by atoms with Gasteiger partial charge in [-0.25, -0.2) is 0 Å². The molecule has 1 amide bonds. The van der Waals surface area contributed by atoms with Gasteiger partial charge >= 0.3 is 0 Å². The Kier molecular flexibility index (Phi) is 4.64. The number of anilines is 1. The molecule has 1 N–H and O–H groups in total. The van der Waals surface area contributed by atoms with E-state index in [0.717, 1.165) is 11.4 Å². The number of carbonyl (C=O) groups is 1. The van der Waals surface area contributed by atoms with Crippen LogP contribution in [-0.2, 0) is 10.5 Å². The van der Waals surface area contributed by atoms with Crippen molar-refractivity contribution in [3.8, 4) is 0 Å². The number of thiophene rings is 1. The molecule has 0 aliphatic rings. The highest BCUT2D eigenvalue weighted by atomic mass is 32.2. The normalized spacial score (nSPS) is 10.1. The highest BCUT2D eigenvalue weighted by Gasteiger charge is 2.02. The van der Waals surface area contributed by atoms with Crippen LogP contribution in [0.2, 0.25) is 0 Å². The molecule has 0 unspecified atom stereocenters. The summed E-state index contributed by atoms with van der Waals surface area (Å²) in [6, 6.07) is 13.7. The third kappa shape index (κ3) is 4.24. The highest BCUT2D eigenvalue weighted by molar-refractivity contribution is 7.99. The quantitative estimate of drug-likeness (QED) is 0.892. The molecule has 0 fully saturated rings. The van der Waals surface area contributed by atoms with Crippen molar-refractivity contribution in [3.63, 3.8) is 0 Å². The van der Waals surface area contributed by atoms with Crippen molar-refractivity contribution in [1.29, 1.82) is 0 Å². The zero-order chi connectivity index (χ0) is 11.9. The molecular weight excluding hydrogens is 250 g/mol. The van der Waals surface area contributed by atoms with Crippen LogP contribution < -0.4 is 5.32 Å². The van der Waals surface area contributed by atoms with Crippen molar-refractivity contribution in [1.82, 2.24) is 0 Å². The first kappa shape index (κ1) is 12.2. The summed E-state index contributed by atoms with van der Waals surface area (Å²) < 4.78 is 0. The molecule has 0 saturated heterocycles. The van der Waals surface area contributed by atoms with E-state index in [9.17, 15) is 4.79 Å². The van der Waals surface area contributed by atoms with Gasteiger partial charge in [0, 0.05) is 16.3 Å². The first-order chi connectivity index (χ1) is 8.34. The maximum Gasteiger partial charge on any atom is 0.234 e. The summed E-state index contributed by atoms with van der Waals surface area (Å²) in [5.41, 5.74) is 0.856. The highest BCUT2D eigenvalue weighted by Crippen LogP contribution is 2.17. The Morgan fingerprint density at radius 1 is 1.18 bits per heavy atom. The molecule has 0 aliphatic carbocycles. The number of hydrogen-bond donors (Lipinski definition) is 1. The summed E-state index contributed by atoms with van der Waals surface area (Å²) in [4.78, 5) is 12.9. The number of carbonyl (C=O) groups excluding carboxylic acids is 1. The van der Waals surface area contributed by atoms with E-state index >= 15 is 0 Å². The number of amides is 1. The van der Waals surface area contributed by atoms with E-state index in [4.69, 9.17) is 0 Å². The second-order valence-electron chi connectivity index (χ2n) is 3.49. The fourth-order valence-corrected chi connectivity index (χ4v) is 3.03. The number of rotatable bonds is 5. The first-order valence-electron chi connectivity index (χ1n) is 5.29. The Labute approximate surface area is 109 Å². The summed E-state index contributed by atoms with van der Waals surface area (Å²) in [6.45, 7) is 0. The third-order valence-corrected chi connectivity index (χ3v) is 4.16. The number of benzene rings is 1. The van der Waals surface area contributed by atoms with Crippen molar-refractivity contribution in [3.05, 3.63) is 52.7 Å². The fourth-order valence-electron chi connectivity index (χ4n) is 1.36. The zero-order valence-corrected chi connectivity index (χ0v) is 10.9. The van der Waals surface area contributed by atoms with Crippen molar-refractivity contribution in [2.24, 2.45) is 0 Å². The maximum atomic E-state index is 11.6. The Morgan fingerprint density at radius 2 is 2.00 bits per heavy atom. The minimum atomic E-state index is 0.0535.